The molecule has 0 atom stereocenters. The third-order valence-electron chi connectivity index (χ3n) is 2.72. The molecule has 0 aromatic heterocycles. The average molecular weight is 293 g/mol. The first kappa shape index (κ1) is 14.7. The molecule has 0 amide bonds. The minimum absolute atomic E-state index is 0.139. The lowest BCUT2D eigenvalue weighted by atomic mass is 10.1. The lowest BCUT2D eigenvalue weighted by Crippen LogP contribution is -2.10. The summed E-state index contributed by atoms with van der Waals surface area (Å²) in [6.07, 6.45) is -4.69. The number of hydrogen-bond donors (Lipinski definition) is 0. The van der Waals surface area contributed by atoms with Crippen molar-refractivity contribution in [1.82, 2.24) is 0 Å². The molecule has 0 aliphatic heterocycles. The first-order chi connectivity index (χ1) is 9.97. The molecule has 0 unspecified atom stereocenters. The summed E-state index contributed by atoms with van der Waals surface area (Å²) in [5.41, 5.74) is -1.59. The molecule has 0 bridgehead atoms. The average Bonchev–Trinajstić information content (AvgIpc) is 2.46. The SMILES string of the molecule is COc1ccccc1Oc1cccc(C#N)c1C(F)(F)F. The van der Waals surface area contributed by atoms with Crippen LogP contribution in [0.25, 0.3) is 0 Å². The summed E-state index contributed by atoms with van der Waals surface area (Å²) >= 11 is 0. The Hall–Kier alpha value is -2.68. The van der Waals surface area contributed by atoms with Crippen LogP contribution in [0, 0.1) is 11.3 Å². The van der Waals surface area contributed by atoms with E-state index in [0.29, 0.717) is 5.75 Å². The number of nitriles is 1. The predicted octanol–water partition coefficient (Wildman–Crippen LogP) is 4.38. The molecule has 0 radical (unpaired) electrons. The Bertz CT molecular complexity index is 690. The smallest absolute Gasteiger partial charge is 0.421 e. The zero-order valence-electron chi connectivity index (χ0n) is 10.9. The van der Waals surface area contributed by atoms with Gasteiger partial charge in [-0.05, 0) is 24.3 Å². The van der Waals surface area contributed by atoms with Gasteiger partial charge in [0.15, 0.2) is 11.5 Å². The first-order valence-corrected chi connectivity index (χ1v) is 5.88. The van der Waals surface area contributed by atoms with Crippen LogP contribution in [-0.4, -0.2) is 7.11 Å². The molecule has 2 rings (SSSR count). The summed E-state index contributed by atoms with van der Waals surface area (Å²) in [4.78, 5) is 0. The standard InChI is InChI=1S/C15H10F3NO2/c1-20-11-6-2-3-7-12(11)21-13-8-4-5-10(9-19)14(13)15(16,17)18/h2-8H,1H3. The van der Waals surface area contributed by atoms with Crippen molar-refractivity contribution in [3.8, 4) is 23.3 Å². The van der Waals surface area contributed by atoms with Crippen LogP contribution < -0.4 is 9.47 Å². The molecule has 0 aliphatic carbocycles. The molecule has 2 aromatic rings. The van der Waals surface area contributed by atoms with Crippen molar-refractivity contribution in [3.05, 3.63) is 53.6 Å². The van der Waals surface area contributed by atoms with Crippen LogP contribution in [0.4, 0.5) is 13.2 Å². The summed E-state index contributed by atoms with van der Waals surface area (Å²) in [6, 6.07) is 11.4. The van der Waals surface area contributed by atoms with Crippen LogP contribution >= 0.6 is 0 Å². The van der Waals surface area contributed by atoms with Crippen molar-refractivity contribution < 1.29 is 22.6 Å². The quantitative estimate of drug-likeness (QED) is 0.843. The number of nitrogens with zero attached hydrogens (tertiary/aromatic N) is 1. The van der Waals surface area contributed by atoms with Gasteiger partial charge in [0.2, 0.25) is 0 Å². The normalized spacial score (nSPS) is 10.8. The molecule has 0 N–H and O–H groups in total. The highest BCUT2D eigenvalue weighted by Gasteiger charge is 2.37. The van der Waals surface area contributed by atoms with Crippen molar-refractivity contribution in [2.45, 2.75) is 6.18 Å². The Morgan fingerprint density at radius 3 is 2.14 bits per heavy atom. The molecule has 3 nitrogen and oxygen atoms in total. The van der Waals surface area contributed by atoms with Gasteiger partial charge in [0, 0.05) is 0 Å². The van der Waals surface area contributed by atoms with E-state index in [-0.39, 0.29) is 5.75 Å². The van der Waals surface area contributed by atoms with Crippen molar-refractivity contribution >= 4 is 0 Å². The van der Waals surface area contributed by atoms with E-state index in [1.807, 2.05) is 0 Å². The fourth-order valence-electron chi connectivity index (χ4n) is 1.82. The predicted molar refractivity (Wildman–Crippen MR) is 69.2 cm³/mol. The summed E-state index contributed by atoms with van der Waals surface area (Å²) < 4.78 is 49.7. The molecule has 2 aromatic carbocycles. The zero-order chi connectivity index (χ0) is 15.5. The molecule has 0 aliphatic rings. The van der Waals surface area contributed by atoms with Gasteiger partial charge in [0.25, 0.3) is 0 Å². The Morgan fingerprint density at radius 2 is 1.57 bits per heavy atom. The monoisotopic (exact) mass is 293 g/mol. The van der Waals surface area contributed by atoms with Crippen LogP contribution in [0.1, 0.15) is 11.1 Å². The zero-order valence-corrected chi connectivity index (χ0v) is 10.9. The van der Waals surface area contributed by atoms with Crippen LogP contribution in [0.2, 0.25) is 0 Å². The molecule has 21 heavy (non-hydrogen) atoms. The number of benzene rings is 2. The fraction of sp³-hybridized carbons (Fsp3) is 0.133. The van der Waals surface area contributed by atoms with E-state index in [9.17, 15) is 13.2 Å². The lowest BCUT2D eigenvalue weighted by molar-refractivity contribution is -0.138. The fourth-order valence-corrected chi connectivity index (χ4v) is 1.82. The minimum atomic E-state index is -4.69. The van der Waals surface area contributed by atoms with Gasteiger partial charge >= 0.3 is 6.18 Å². The Balaban J connectivity index is 2.53. The van der Waals surface area contributed by atoms with Crippen molar-refractivity contribution in [2.24, 2.45) is 0 Å². The Morgan fingerprint density at radius 1 is 0.952 bits per heavy atom. The first-order valence-electron chi connectivity index (χ1n) is 5.88. The van der Waals surface area contributed by atoms with Gasteiger partial charge in [-0.15, -0.1) is 0 Å². The van der Waals surface area contributed by atoms with Crippen LogP contribution in [0.5, 0.6) is 17.2 Å². The maximum absolute atomic E-state index is 13.1. The van der Waals surface area contributed by atoms with E-state index in [1.165, 1.54) is 25.3 Å². The number of hydrogen-bond acceptors (Lipinski definition) is 3. The summed E-state index contributed by atoms with van der Waals surface area (Å²) in [5.74, 6) is -0.000347. The number of para-hydroxylation sites is 2. The number of halogens is 3. The van der Waals surface area contributed by atoms with Gasteiger partial charge in [0.1, 0.15) is 11.3 Å². The Kier molecular flexibility index (Phi) is 4.03. The van der Waals surface area contributed by atoms with Crippen molar-refractivity contribution in [1.29, 1.82) is 5.26 Å². The largest absolute Gasteiger partial charge is 0.493 e. The van der Waals surface area contributed by atoms with Gasteiger partial charge in [0.05, 0.1) is 18.7 Å². The number of methoxy groups -OCH3 is 1. The van der Waals surface area contributed by atoms with E-state index in [1.54, 1.807) is 18.2 Å². The second-order valence-electron chi connectivity index (χ2n) is 4.04. The van der Waals surface area contributed by atoms with E-state index in [2.05, 4.69) is 0 Å². The van der Waals surface area contributed by atoms with Crippen molar-refractivity contribution in [2.75, 3.05) is 7.11 Å². The number of rotatable bonds is 3. The highest BCUT2D eigenvalue weighted by Crippen LogP contribution is 2.41. The van der Waals surface area contributed by atoms with Crippen LogP contribution in [0.15, 0.2) is 42.5 Å². The van der Waals surface area contributed by atoms with E-state index in [0.717, 1.165) is 12.1 Å². The van der Waals surface area contributed by atoms with Gasteiger partial charge in [-0.25, -0.2) is 0 Å². The third kappa shape index (κ3) is 3.08. The summed E-state index contributed by atoms with van der Waals surface area (Å²) in [5, 5.41) is 8.84. The summed E-state index contributed by atoms with van der Waals surface area (Å²) in [7, 11) is 1.39. The summed E-state index contributed by atoms with van der Waals surface area (Å²) in [6.45, 7) is 0. The molecule has 0 saturated heterocycles. The second kappa shape index (κ2) is 5.75. The number of ether oxygens (including phenoxy) is 2. The van der Waals surface area contributed by atoms with Gasteiger partial charge < -0.3 is 9.47 Å². The number of alkyl halides is 3. The van der Waals surface area contributed by atoms with E-state index in [4.69, 9.17) is 14.7 Å². The highest BCUT2D eigenvalue weighted by atomic mass is 19.4. The molecule has 6 heteroatoms. The lowest BCUT2D eigenvalue weighted by Gasteiger charge is -2.16. The second-order valence-corrected chi connectivity index (χ2v) is 4.04. The van der Waals surface area contributed by atoms with Crippen LogP contribution in [-0.2, 0) is 6.18 Å². The third-order valence-corrected chi connectivity index (χ3v) is 2.72. The van der Waals surface area contributed by atoms with E-state index < -0.39 is 23.1 Å². The van der Waals surface area contributed by atoms with Gasteiger partial charge in [-0.2, -0.15) is 18.4 Å². The molecular formula is C15H10F3NO2. The topological polar surface area (TPSA) is 42.2 Å². The molecule has 0 fully saturated rings. The highest BCUT2D eigenvalue weighted by molar-refractivity contribution is 5.51. The minimum Gasteiger partial charge on any atom is -0.493 e. The molecule has 0 saturated carbocycles. The molecule has 108 valence electrons. The molecule has 0 spiro atoms. The maximum Gasteiger partial charge on any atom is 0.421 e. The van der Waals surface area contributed by atoms with E-state index >= 15 is 0 Å². The molecule has 0 heterocycles. The van der Waals surface area contributed by atoms with Gasteiger partial charge in [-0.1, -0.05) is 18.2 Å². The van der Waals surface area contributed by atoms with Crippen molar-refractivity contribution in [3.63, 3.8) is 0 Å². The van der Waals surface area contributed by atoms with Crippen LogP contribution in [0.3, 0.4) is 0 Å². The molecular weight excluding hydrogens is 283 g/mol. The Labute approximate surface area is 119 Å². The van der Waals surface area contributed by atoms with Gasteiger partial charge in [-0.3, -0.25) is 0 Å². The maximum atomic E-state index is 13.1.